The molecule has 2 heterocycles. The second kappa shape index (κ2) is 11.6. The summed E-state index contributed by atoms with van der Waals surface area (Å²) in [5.41, 5.74) is 3.72. The maximum atomic E-state index is 13.4. The summed E-state index contributed by atoms with van der Waals surface area (Å²) in [5, 5.41) is 27.0. The molecule has 0 spiro atoms. The van der Waals surface area contributed by atoms with Gasteiger partial charge in [0.1, 0.15) is 4.90 Å². The van der Waals surface area contributed by atoms with E-state index < -0.39 is 19.9 Å². The van der Waals surface area contributed by atoms with Gasteiger partial charge in [-0.15, -0.1) is 0 Å². The minimum absolute atomic E-state index is 0.0799. The van der Waals surface area contributed by atoms with Crippen molar-refractivity contribution >= 4 is 39.0 Å². The fourth-order valence-electron chi connectivity index (χ4n) is 4.70. The van der Waals surface area contributed by atoms with E-state index in [-0.39, 0.29) is 22.0 Å². The van der Waals surface area contributed by atoms with Crippen molar-refractivity contribution in [2.75, 3.05) is 36.5 Å². The molecule has 0 radical (unpaired) electrons. The van der Waals surface area contributed by atoms with E-state index in [1.807, 2.05) is 0 Å². The number of hydrazone groups is 1. The number of piperidine rings is 1. The Labute approximate surface area is 215 Å². The molecule has 37 heavy (non-hydrogen) atoms. The van der Waals surface area contributed by atoms with E-state index in [0.717, 1.165) is 69.8 Å². The molecule has 0 unspecified atom stereocenters. The third-order valence-corrected chi connectivity index (χ3v) is 8.60. The van der Waals surface area contributed by atoms with E-state index in [2.05, 4.69) is 15.4 Å². The van der Waals surface area contributed by atoms with Crippen LogP contribution >= 0.6 is 0 Å². The van der Waals surface area contributed by atoms with Crippen molar-refractivity contribution < 1.29 is 18.3 Å². The summed E-state index contributed by atoms with van der Waals surface area (Å²) in [6, 6.07) is 8.18. The molecule has 2 fully saturated rings. The average molecular weight is 531 g/mol. The molecule has 12 nitrogen and oxygen atoms in total. The fourth-order valence-corrected chi connectivity index (χ4v) is 6.38. The Morgan fingerprint density at radius 2 is 1.38 bits per heavy atom. The van der Waals surface area contributed by atoms with Gasteiger partial charge in [0.2, 0.25) is 10.0 Å². The monoisotopic (exact) mass is 530 g/mol. The Morgan fingerprint density at radius 1 is 0.811 bits per heavy atom. The van der Waals surface area contributed by atoms with Crippen molar-refractivity contribution in [2.24, 2.45) is 5.10 Å². The highest BCUT2D eigenvalue weighted by molar-refractivity contribution is 7.89. The molecule has 0 bridgehead atoms. The van der Waals surface area contributed by atoms with Crippen LogP contribution in [0.4, 0.5) is 22.7 Å². The highest BCUT2D eigenvalue weighted by atomic mass is 32.2. The van der Waals surface area contributed by atoms with E-state index in [4.69, 9.17) is 0 Å². The van der Waals surface area contributed by atoms with E-state index >= 15 is 0 Å². The predicted molar refractivity (Wildman–Crippen MR) is 141 cm³/mol. The molecule has 0 aliphatic carbocycles. The third-order valence-electron chi connectivity index (χ3n) is 6.67. The Hall–Kier alpha value is -3.58. The molecule has 2 aliphatic rings. The molecule has 2 aromatic rings. The molecule has 13 heteroatoms. The molecule has 2 aromatic carbocycles. The van der Waals surface area contributed by atoms with Gasteiger partial charge in [0.15, 0.2) is 0 Å². The molecule has 0 saturated carbocycles. The smallest absolute Gasteiger partial charge is 0.270 e. The Kier molecular flexibility index (Phi) is 8.34. The number of nitro groups is 2. The first kappa shape index (κ1) is 26.5. The zero-order chi connectivity index (χ0) is 26.4. The molecule has 0 amide bonds. The van der Waals surface area contributed by atoms with Crippen LogP contribution in [-0.4, -0.2) is 55.0 Å². The van der Waals surface area contributed by atoms with E-state index in [9.17, 15) is 28.6 Å². The zero-order valence-electron chi connectivity index (χ0n) is 20.4. The number of non-ortho nitro benzene ring substituents is 2. The molecule has 2 saturated heterocycles. The standard InChI is InChI=1S/C24H30N6O6S/c31-29(32)20-9-11-23(27-12-4-1-2-5-13-27)19(16-20)18-25-26-22-10-8-21(30(33)34)17-24(22)37(35,36)28-14-6-3-7-15-28/h8-11,16-18,26H,1-7,12-15H2/b25-18+. The predicted octanol–water partition coefficient (Wildman–Crippen LogP) is 4.50. The van der Waals surface area contributed by atoms with Gasteiger partial charge in [-0.2, -0.15) is 9.41 Å². The molecule has 1 N–H and O–H groups in total. The van der Waals surface area contributed by atoms with Crippen LogP contribution in [0, 0.1) is 20.2 Å². The summed E-state index contributed by atoms with van der Waals surface area (Å²) in [5.74, 6) is 0. The molecule has 198 valence electrons. The summed E-state index contributed by atoms with van der Waals surface area (Å²) in [6.07, 6.45) is 8.09. The van der Waals surface area contributed by atoms with E-state index in [1.165, 1.54) is 34.8 Å². The first-order valence-corrected chi connectivity index (χ1v) is 13.8. The maximum absolute atomic E-state index is 13.4. The molecular weight excluding hydrogens is 500 g/mol. The van der Waals surface area contributed by atoms with Gasteiger partial charge >= 0.3 is 0 Å². The van der Waals surface area contributed by atoms with Crippen molar-refractivity contribution in [3.63, 3.8) is 0 Å². The second-order valence-electron chi connectivity index (χ2n) is 9.17. The highest BCUT2D eigenvalue weighted by Crippen LogP contribution is 2.31. The van der Waals surface area contributed by atoms with Crippen molar-refractivity contribution in [3.05, 3.63) is 62.2 Å². The Morgan fingerprint density at radius 3 is 2.03 bits per heavy atom. The van der Waals surface area contributed by atoms with Gasteiger partial charge in [-0.3, -0.25) is 25.7 Å². The SMILES string of the molecule is O=[N+]([O-])c1ccc(N2CCCCCC2)c(/C=N/Nc2ccc([N+](=O)[O-])cc2S(=O)(=O)N2CCCCC2)c1. The lowest BCUT2D eigenvalue weighted by molar-refractivity contribution is -0.385. The van der Waals surface area contributed by atoms with Crippen molar-refractivity contribution in [1.82, 2.24) is 4.31 Å². The molecule has 2 aliphatic heterocycles. The first-order valence-electron chi connectivity index (χ1n) is 12.4. The van der Waals surface area contributed by atoms with Crippen LogP contribution in [0.2, 0.25) is 0 Å². The number of anilines is 2. The summed E-state index contributed by atoms with van der Waals surface area (Å²) in [7, 11) is -4.00. The summed E-state index contributed by atoms with van der Waals surface area (Å²) < 4.78 is 28.1. The van der Waals surface area contributed by atoms with Gasteiger partial charge < -0.3 is 4.90 Å². The average Bonchev–Trinajstić information content (AvgIpc) is 3.18. The second-order valence-corrected chi connectivity index (χ2v) is 11.1. The van der Waals surface area contributed by atoms with Gasteiger partial charge in [-0.25, -0.2) is 8.42 Å². The summed E-state index contributed by atoms with van der Waals surface area (Å²) in [4.78, 5) is 23.6. The van der Waals surface area contributed by atoms with Crippen molar-refractivity contribution in [2.45, 2.75) is 49.8 Å². The minimum atomic E-state index is -4.00. The largest absolute Gasteiger partial charge is 0.371 e. The normalized spacial score (nSPS) is 17.5. The maximum Gasteiger partial charge on any atom is 0.270 e. The van der Waals surface area contributed by atoms with Gasteiger partial charge in [0, 0.05) is 61.7 Å². The number of benzene rings is 2. The number of rotatable bonds is 8. The van der Waals surface area contributed by atoms with Crippen LogP contribution in [0.25, 0.3) is 0 Å². The molecule has 0 atom stereocenters. The van der Waals surface area contributed by atoms with Gasteiger partial charge in [0.05, 0.1) is 21.7 Å². The number of nitrogens with zero attached hydrogens (tertiary/aromatic N) is 5. The van der Waals surface area contributed by atoms with Crippen LogP contribution in [-0.2, 0) is 10.0 Å². The minimum Gasteiger partial charge on any atom is -0.371 e. The van der Waals surface area contributed by atoms with Crippen molar-refractivity contribution in [1.29, 1.82) is 0 Å². The van der Waals surface area contributed by atoms with Crippen molar-refractivity contribution in [3.8, 4) is 0 Å². The zero-order valence-corrected chi connectivity index (χ0v) is 21.2. The summed E-state index contributed by atoms with van der Waals surface area (Å²) >= 11 is 0. The quantitative estimate of drug-likeness (QED) is 0.297. The van der Waals surface area contributed by atoms with E-state index in [0.29, 0.717) is 18.7 Å². The molecular formula is C24H30N6O6S. The van der Waals surface area contributed by atoms with Crippen LogP contribution < -0.4 is 10.3 Å². The van der Waals surface area contributed by atoms with Crippen LogP contribution in [0.15, 0.2) is 46.4 Å². The molecule has 4 rings (SSSR count). The van der Waals surface area contributed by atoms with Gasteiger partial charge in [-0.05, 0) is 37.8 Å². The number of sulfonamides is 1. The summed E-state index contributed by atoms with van der Waals surface area (Å²) in [6.45, 7) is 2.35. The van der Waals surface area contributed by atoms with Gasteiger partial charge in [-0.1, -0.05) is 19.3 Å². The number of nitro benzene ring substituents is 2. The lowest BCUT2D eigenvalue weighted by Gasteiger charge is -2.26. The Balaban J connectivity index is 1.67. The van der Waals surface area contributed by atoms with Gasteiger partial charge in [0.25, 0.3) is 11.4 Å². The lowest BCUT2D eigenvalue weighted by atomic mass is 10.1. The Bertz CT molecular complexity index is 1280. The number of hydrogen-bond donors (Lipinski definition) is 1. The highest BCUT2D eigenvalue weighted by Gasteiger charge is 2.30. The van der Waals surface area contributed by atoms with Crippen LogP contribution in [0.1, 0.15) is 50.5 Å². The molecule has 0 aromatic heterocycles. The number of nitrogens with one attached hydrogen (secondary N) is 1. The number of hydrogen-bond acceptors (Lipinski definition) is 9. The topological polar surface area (TPSA) is 151 Å². The first-order chi connectivity index (χ1) is 17.8. The van der Waals surface area contributed by atoms with Crippen LogP contribution in [0.3, 0.4) is 0 Å². The lowest BCUT2D eigenvalue weighted by Crippen LogP contribution is -2.35. The third kappa shape index (κ3) is 6.23. The fraction of sp³-hybridized carbons (Fsp3) is 0.458. The van der Waals surface area contributed by atoms with Crippen LogP contribution in [0.5, 0.6) is 0 Å². The van der Waals surface area contributed by atoms with E-state index in [1.54, 1.807) is 6.07 Å².